The molecule has 2 bridgehead atoms. The predicted molar refractivity (Wildman–Crippen MR) is 70.1 cm³/mol. The summed E-state index contributed by atoms with van der Waals surface area (Å²) in [6, 6.07) is 3.63. The first-order chi connectivity index (χ1) is 9.97. The summed E-state index contributed by atoms with van der Waals surface area (Å²) in [6.07, 6.45) is 2.63. The summed E-state index contributed by atoms with van der Waals surface area (Å²) in [5.74, 6) is -2.48. The Morgan fingerprint density at radius 2 is 1.95 bits per heavy atom. The number of carbonyl (C=O) groups excluding carboxylic acids is 2. The lowest BCUT2D eigenvalue weighted by molar-refractivity contribution is -0.139. The molecule has 1 aromatic carbocycles. The molecule has 5 heteroatoms. The molecule has 1 heterocycles. The van der Waals surface area contributed by atoms with Crippen LogP contribution in [0.15, 0.2) is 18.2 Å². The highest BCUT2D eigenvalue weighted by Gasteiger charge is 2.70. The topological polar surface area (TPSA) is 37.4 Å². The van der Waals surface area contributed by atoms with E-state index in [9.17, 15) is 18.4 Å². The summed E-state index contributed by atoms with van der Waals surface area (Å²) in [7, 11) is 1.49. The van der Waals surface area contributed by atoms with E-state index in [1.54, 1.807) is 0 Å². The molecule has 4 unspecified atom stereocenters. The van der Waals surface area contributed by atoms with E-state index in [0.29, 0.717) is 5.56 Å². The fourth-order valence-corrected chi connectivity index (χ4v) is 4.94. The normalized spacial score (nSPS) is 37.5. The third kappa shape index (κ3) is 1.32. The summed E-state index contributed by atoms with van der Waals surface area (Å²) in [6.45, 7) is 0. The Balaban J connectivity index is 1.95. The Morgan fingerprint density at radius 3 is 2.67 bits per heavy atom. The Labute approximate surface area is 120 Å². The van der Waals surface area contributed by atoms with Gasteiger partial charge in [-0.15, -0.1) is 0 Å². The van der Waals surface area contributed by atoms with Crippen LogP contribution >= 0.6 is 0 Å². The second kappa shape index (κ2) is 3.90. The number of hydrogen-bond acceptors (Lipinski definition) is 2. The zero-order chi connectivity index (χ0) is 14.9. The molecule has 2 amide bonds. The van der Waals surface area contributed by atoms with Gasteiger partial charge in [0.2, 0.25) is 11.8 Å². The van der Waals surface area contributed by atoms with Crippen molar-refractivity contribution in [2.45, 2.75) is 24.7 Å². The first kappa shape index (κ1) is 12.9. The quantitative estimate of drug-likeness (QED) is 0.744. The van der Waals surface area contributed by atoms with Gasteiger partial charge >= 0.3 is 0 Å². The number of nitrogens with zero attached hydrogens (tertiary/aromatic N) is 1. The molecule has 3 aliphatic rings. The number of halogens is 2. The first-order valence-corrected chi connectivity index (χ1v) is 7.25. The highest BCUT2D eigenvalue weighted by atomic mass is 19.2. The van der Waals surface area contributed by atoms with Gasteiger partial charge < -0.3 is 0 Å². The minimum absolute atomic E-state index is 0.0544. The van der Waals surface area contributed by atoms with Gasteiger partial charge in [0.25, 0.3) is 0 Å². The van der Waals surface area contributed by atoms with Crippen LogP contribution in [0.2, 0.25) is 0 Å². The van der Waals surface area contributed by atoms with Crippen molar-refractivity contribution >= 4 is 11.8 Å². The molecule has 4 atom stereocenters. The maximum atomic E-state index is 13.7. The van der Waals surface area contributed by atoms with Gasteiger partial charge in [-0.25, -0.2) is 8.78 Å². The number of carbonyl (C=O) groups is 2. The van der Waals surface area contributed by atoms with Gasteiger partial charge in [0.05, 0.1) is 11.3 Å². The lowest BCUT2D eigenvalue weighted by atomic mass is 9.63. The highest BCUT2D eigenvalue weighted by Crippen LogP contribution is 2.64. The van der Waals surface area contributed by atoms with Gasteiger partial charge in [-0.3, -0.25) is 14.5 Å². The van der Waals surface area contributed by atoms with E-state index in [4.69, 9.17) is 0 Å². The van der Waals surface area contributed by atoms with Gasteiger partial charge in [0, 0.05) is 7.05 Å². The molecule has 2 aliphatic carbocycles. The highest BCUT2D eigenvalue weighted by molar-refractivity contribution is 6.11. The molecular formula is C16H15F2NO2. The van der Waals surface area contributed by atoms with Crippen LogP contribution in [0.5, 0.6) is 0 Å². The maximum Gasteiger partial charge on any atom is 0.240 e. The molecule has 21 heavy (non-hydrogen) atoms. The molecule has 0 spiro atoms. The van der Waals surface area contributed by atoms with E-state index in [1.165, 1.54) is 18.0 Å². The molecule has 3 nitrogen and oxygen atoms in total. The average molecular weight is 291 g/mol. The Kier molecular flexibility index (Phi) is 2.40. The molecular weight excluding hydrogens is 276 g/mol. The predicted octanol–water partition coefficient (Wildman–Crippen LogP) is 2.25. The molecule has 0 radical (unpaired) electrons. The monoisotopic (exact) mass is 291 g/mol. The number of likely N-dealkylation sites (N-methyl/N-ethyl adjacent to an activating group) is 1. The van der Waals surface area contributed by atoms with Gasteiger partial charge in [0.15, 0.2) is 11.6 Å². The fourth-order valence-electron chi connectivity index (χ4n) is 4.94. The van der Waals surface area contributed by atoms with E-state index < -0.39 is 23.0 Å². The zero-order valence-electron chi connectivity index (χ0n) is 11.6. The summed E-state index contributed by atoms with van der Waals surface area (Å²) < 4.78 is 26.9. The van der Waals surface area contributed by atoms with Gasteiger partial charge in [-0.1, -0.05) is 6.07 Å². The van der Waals surface area contributed by atoms with Crippen molar-refractivity contribution < 1.29 is 18.4 Å². The molecule has 110 valence electrons. The second-order valence-electron chi connectivity index (χ2n) is 6.45. The van der Waals surface area contributed by atoms with Crippen molar-refractivity contribution in [1.29, 1.82) is 0 Å². The van der Waals surface area contributed by atoms with E-state index in [1.807, 2.05) is 0 Å². The van der Waals surface area contributed by atoms with E-state index >= 15 is 0 Å². The number of fused-ring (bicyclic) bond motifs is 5. The van der Waals surface area contributed by atoms with Crippen molar-refractivity contribution in [2.24, 2.45) is 17.8 Å². The van der Waals surface area contributed by atoms with Crippen LogP contribution in [-0.4, -0.2) is 23.8 Å². The third-order valence-electron chi connectivity index (χ3n) is 5.73. The van der Waals surface area contributed by atoms with Gasteiger partial charge in [-0.2, -0.15) is 0 Å². The molecule has 0 N–H and O–H groups in total. The largest absolute Gasteiger partial charge is 0.285 e. The number of hydrogen-bond donors (Lipinski definition) is 0. The Morgan fingerprint density at radius 1 is 1.19 bits per heavy atom. The minimum Gasteiger partial charge on any atom is -0.285 e. The van der Waals surface area contributed by atoms with Gasteiger partial charge in [0.1, 0.15) is 0 Å². The molecule has 1 aliphatic heterocycles. The molecule has 4 rings (SSSR count). The summed E-state index contributed by atoms with van der Waals surface area (Å²) >= 11 is 0. The minimum atomic E-state index is -0.969. The first-order valence-electron chi connectivity index (χ1n) is 7.25. The van der Waals surface area contributed by atoms with Crippen LogP contribution in [0, 0.1) is 29.4 Å². The third-order valence-corrected chi connectivity index (χ3v) is 5.73. The summed E-state index contributed by atoms with van der Waals surface area (Å²) in [4.78, 5) is 26.4. The van der Waals surface area contributed by atoms with Crippen molar-refractivity contribution in [2.75, 3.05) is 7.05 Å². The molecule has 0 aromatic heterocycles. The van der Waals surface area contributed by atoms with Gasteiger partial charge in [-0.05, 0) is 48.8 Å². The van der Waals surface area contributed by atoms with Crippen molar-refractivity contribution in [1.82, 2.24) is 4.90 Å². The number of rotatable bonds is 1. The molecule has 1 aromatic rings. The lowest BCUT2D eigenvalue weighted by Crippen LogP contribution is -2.44. The SMILES string of the molecule is CN1C(=O)C2C3CCC(C3)C2(c2ccc(F)c(F)c2)C1=O. The molecule has 1 saturated heterocycles. The Bertz CT molecular complexity index is 674. The maximum absolute atomic E-state index is 13.7. The van der Waals surface area contributed by atoms with E-state index in [2.05, 4.69) is 0 Å². The van der Waals surface area contributed by atoms with Crippen LogP contribution in [-0.2, 0) is 15.0 Å². The second-order valence-corrected chi connectivity index (χ2v) is 6.45. The standard InChI is InChI=1S/C16H15F2NO2/c1-19-14(20)13-8-2-3-9(6-8)16(13,15(19)21)10-4-5-11(17)12(18)7-10/h4-5,7-9,13H,2-3,6H2,1H3. The number of imide groups is 1. The Hall–Kier alpha value is -1.78. The smallest absolute Gasteiger partial charge is 0.240 e. The zero-order valence-corrected chi connectivity index (χ0v) is 11.6. The van der Waals surface area contributed by atoms with E-state index in [0.717, 1.165) is 31.4 Å². The lowest BCUT2D eigenvalue weighted by Gasteiger charge is -2.36. The summed E-state index contributed by atoms with van der Waals surface area (Å²) in [5.41, 5.74) is -0.509. The summed E-state index contributed by atoms with van der Waals surface area (Å²) in [5, 5.41) is 0. The van der Waals surface area contributed by atoms with Crippen LogP contribution < -0.4 is 0 Å². The van der Waals surface area contributed by atoms with Crippen molar-refractivity contribution in [3.05, 3.63) is 35.4 Å². The number of likely N-dealkylation sites (tertiary alicyclic amines) is 1. The average Bonchev–Trinajstić information content (AvgIpc) is 3.11. The van der Waals surface area contributed by atoms with Crippen LogP contribution in [0.25, 0.3) is 0 Å². The van der Waals surface area contributed by atoms with Crippen molar-refractivity contribution in [3.8, 4) is 0 Å². The van der Waals surface area contributed by atoms with Crippen molar-refractivity contribution in [3.63, 3.8) is 0 Å². The van der Waals surface area contributed by atoms with Crippen LogP contribution in [0.1, 0.15) is 24.8 Å². The van der Waals surface area contributed by atoms with Crippen LogP contribution in [0.3, 0.4) is 0 Å². The molecule has 2 saturated carbocycles. The number of benzene rings is 1. The van der Waals surface area contributed by atoms with Crippen LogP contribution in [0.4, 0.5) is 8.78 Å². The number of amides is 2. The molecule has 3 fully saturated rings. The van der Waals surface area contributed by atoms with E-state index in [-0.39, 0.29) is 23.7 Å². The fraction of sp³-hybridized carbons (Fsp3) is 0.500.